The van der Waals surface area contributed by atoms with Crippen LogP contribution >= 0.6 is 0 Å². The first kappa shape index (κ1) is 12.2. The molecular formula is C10H18O6. The van der Waals surface area contributed by atoms with Gasteiger partial charge in [0, 0.05) is 21.3 Å². The first-order valence-electron chi connectivity index (χ1n) is 5.25. The average Bonchev–Trinajstić information content (AvgIpc) is 2.36. The van der Waals surface area contributed by atoms with E-state index in [0.717, 1.165) is 0 Å². The molecule has 0 aromatic heterocycles. The standard InChI is InChI=1S/C10H18O6/c1-11-8-7-6(4-14-5-15-7)16-10(13-3)9(8)12-2/h6-10H,4-5H2,1-3H3/t6-,7-,8+,9-,10+/m1/s1. The summed E-state index contributed by atoms with van der Waals surface area (Å²) >= 11 is 0. The quantitative estimate of drug-likeness (QED) is 0.672. The second-order valence-electron chi connectivity index (χ2n) is 3.80. The zero-order valence-electron chi connectivity index (χ0n) is 9.75. The van der Waals surface area contributed by atoms with Crippen LogP contribution in [0.25, 0.3) is 0 Å². The zero-order valence-corrected chi connectivity index (χ0v) is 9.75. The molecule has 0 bridgehead atoms. The van der Waals surface area contributed by atoms with Crippen molar-refractivity contribution in [2.75, 3.05) is 34.7 Å². The first-order chi connectivity index (χ1) is 7.81. The SMILES string of the molecule is CO[C@H]1O[C@@H]2COCO[C@H]2[C@H](OC)[C@H]1OC. The number of fused-ring (bicyclic) bond motifs is 1. The van der Waals surface area contributed by atoms with Gasteiger partial charge < -0.3 is 28.4 Å². The van der Waals surface area contributed by atoms with Crippen molar-refractivity contribution >= 4 is 0 Å². The third-order valence-corrected chi connectivity index (χ3v) is 2.99. The maximum absolute atomic E-state index is 5.70. The van der Waals surface area contributed by atoms with Crippen LogP contribution in [0.1, 0.15) is 0 Å². The fraction of sp³-hybridized carbons (Fsp3) is 1.00. The second-order valence-corrected chi connectivity index (χ2v) is 3.80. The summed E-state index contributed by atoms with van der Waals surface area (Å²) < 4.78 is 32.4. The topological polar surface area (TPSA) is 55.4 Å². The van der Waals surface area contributed by atoms with Gasteiger partial charge in [-0.25, -0.2) is 0 Å². The lowest BCUT2D eigenvalue weighted by Gasteiger charge is -2.46. The summed E-state index contributed by atoms with van der Waals surface area (Å²) in [6, 6.07) is 0. The molecule has 0 aromatic carbocycles. The van der Waals surface area contributed by atoms with Gasteiger partial charge in [0.15, 0.2) is 6.29 Å². The summed E-state index contributed by atoms with van der Waals surface area (Å²) in [6.07, 6.45) is -1.31. The maximum atomic E-state index is 5.70. The molecule has 2 rings (SSSR count). The minimum Gasteiger partial charge on any atom is -0.376 e. The molecule has 5 atom stereocenters. The molecule has 2 saturated heterocycles. The predicted molar refractivity (Wildman–Crippen MR) is 53.0 cm³/mol. The van der Waals surface area contributed by atoms with Crippen molar-refractivity contribution in [3.05, 3.63) is 0 Å². The third-order valence-electron chi connectivity index (χ3n) is 2.99. The van der Waals surface area contributed by atoms with Gasteiger partial charge in [0.2, 0.25) is 0 Å². The van der Waals surface area contributed by atoms with Crippen LogP contribution in [0.5, 0.6) is 0 Å². The number of methoxy groups -OCH3 is 3. The highest BCUT2D eigenvalue weighted by molar-refractivity contribution is 4.93. The van der Waals surface area contributed by atoms with E-state index in [4.69, 9.17) is 28.4 Å². The Morgan fingerprint density at radius 1 is 1.00 bits per heavy atom. The van der Waals surface area contributed by atoms with E-state index in [0.29, 0.717) is 6.61 Å². The number of hydrogen-bond donors (Lipinski definition) is 0. The van der Waals surface area contributed by atoms with E-state index in [1.165, 1.54) is 0 Å². The lowest BCUT2D eigenvalue weighted by Crippen LogP contribution is -2.62. The summed E-state index contributed by atoms with van der Waals surface area (Å²) in [7, 11) is 4.81. The van der Waals surface area contributed by atoms with Crippen molar-refractivity contribution in [1.29, 1.82) is 0 Å². The molecule has 2 heterocycles. The van der Waals surface area contributed by atoms with Gasteiger partial charge in [-0.05, 0) is 0 Å². The molecule has 6 nitrogen and oxygen atoms in total. The summed E-state index contributed by atoms with van der Waals surface area (Å²) in [5.41, 5.74) is 0. The molecule has 2 aliphatic rings. The molecule has 0 aliphatic carbocycles. The Balaban J connectivity index is 2.13. The maximum Gasteiger partial charge on any atom is 0.186 e. The average molecular weight is 234 g/mol. The predicted octanol–water partition coefficient (Wildman–Crippen LogP) is -0.239. The van der Waals surface area contributed by atoms with Gasteiger partial charge in [-0.2, -0.15) is 0 Å². The summed E-state index contributed by atoms with van der Waals surface area (Å²) in [5, 5.41) is 0. The summed E-state index contributed by atoms with van der Waals surface area (Å²) in [5.74, 6) is 0. The Hall–Kier alpha value is -0.240. The van der Waals surface area contributed by atoms with E-state index in [1.54, 1.807) is 21.3 Å². The van der Waals surface area contributed by atoms with Gasteiger partial charge in [-0.15, -0.1) is 0 Å². The molecule has 0 saturated carbocycles. The lowest BCUT2D eigenvalue weighted by atomic mass is 9.98. The zero-order chi connectivity index (χ0) is 11.5. The Morgan fingerprint density at radius 3 is 2.38 bits per heavy atom. The van der Waals surface area contributed by atoms with E-state index in [1.807, 2.05) is 0 Å². The molecule has 0 aromatic rings. The minimum atomic E-state index is -0.457. The van der Waals surface area contributed by atoms with Gasteiger partial charge in [0.05, 0.1) is 6.61 Å². The number of hydrogen-bond acceptors (Lipinski definition) is 6. The first-order valence-corrected chi connectivity index (χ1v) is 5.25. The monoisotopic (exact) mass is 234 g/mol. The third kappa shape index (κ3) is 2.09. The van der Waals surface area contributed by atoms with E-state index < -0.39 is 6.29 Å². The minimum absolute atomic E-state index is 0.171. The van der Waals surface area contributed by atoms with Crippen molar-refractivity contribution < 1.29 is 28.4 Å². The fourth-order valence-corrected chi connectivity index (χ4v) is 2.21. The van der Waals surface area contributed by atoms with Crippen molar-refractivity contribution in [3.63, 3.8) is 0 Å². The van der Waals surface area contributed by atoms with Gasteiger partial charge in [0.25, 0.3) is 0 Å². The van der Waals surface area contributed by atoms with Gasteiger partial charge in [0.1, 0.15) is 31.2 Å². The van der Waals surface area contributed by atoms with E-state index >= 15 is 0 Å². The highest BCUT2D eigenvalue weighted by Crippen LogP contribution is 2.29. The van der Waals surface area contributed by atoms with Crippen LogP contribution in [-0.2, 0) is 28.4 Å². The van der Waals surface area contributed by atoms with Gasteiger partial charge >= 0.3 is 0 Å². The molecule has 2 aliphatic heterocycles. The van der Waals surface area contributed by atoms with E-state index in [9.17, 15) is 0 Å². The molecule has 0 amide bonds. The smallest absolute Gasteiger partial charge is 0.186 e. The van der Waals surface area contributed by atoms with Crippen LogP contribution < -0.4 is 0 Å². The Kier molecular flexibility index (Phi) is 4.12. The van der Waals surface area contributed by atoms with Crippen molar-refractivity contribution in [3.8, 4) is 0 Å². The normalized spacial score (nSPS) is 44.1. The van der Waals surface area contributed by atoms with Crippen molar-refractivity contribution in [2.24, 2.45) is 0 Å². The van der Waals surface area contributed by atoms with Crippen LogP contribution in [0, 0.1) is 0 Å². The molecule has 16 heavy (non-hydrogen) atoms. The molecule has 0 radical (unpaired) electrons. The van der Waals surface area contributed by atoms with Crippen LogP contribution in [0.4, 0.5) is 0 Å². The Bertz CT molecular complexity index is 217. The van der Waals surface area contributed by atoms with Crippen LogP contribution in [0.3, 0.4) is 0 Å². The van der Waals surface area contributed by atoms with Crippen LogP contribution in [-0.4, -0.2) is 65.4 Å². The molecule has 94 valence electrons. The molecule has 6 heteroatoms. The lowest BCUT2D eigenvalue weighted by molar-refractivity contribution is -0.340. The van der Waals surface area contributed by atoms with Gasteiger partial charge in [-0.1, -0.05) is 0 Å². The summed E-state index contributed by atoms with van der Waals surface area (Å²) in [6.45, 7) is 0.749. The molecule has 2 fully saturated rings. The van der Waals surface area contributed by atoms with Gasteiger partial charge in [-0.3, -0.25) is 0 Å². The number of rotatable bonds is 3. The van der Waals surface area contributed by atoms with E-state index in [2.05, 4.69) is 0 Å². The fourth-order valence-electron chi connectivity index (χ4n) is 2.21. The summed E-state index contributed by atoms with van der Waals surface area (Å²) in [4.78, 5) is 0. The van der Waals surface area contributed by atoms with Crippen molar-refractivity contribution in [2.45, 2.75) is 30.7 Å². The van der Waals surface area contributed by atoms with Crippen LogP contribution in [0.2, 0.25) is 0 Å². The largest absolute Gasteiger partial charge is 0.376 e. The second kappa shape index (κ2) is 5.39. The van der Waals surface area contributed by atoms with E-state index in [-0.39, 0.29) is 31.2 Å². The Morgan fingerprint density at radius 2 is 1.75 bits per heavy atom. The number of ether oxygens (including phenoxy) is 6. The van der Waals surface area contributed by atoms with Crippen LogP contribution in [0.15, 0.2) is 0 Å². The van der Waals surface area contributed by atoms with Crippen molar-refractivity contribution in [1.82, 2.24) is 0 Å². The molecule has 0 N–H and O–H groups in total. The molecular weight excluding hydrogens is 216 g/mol. The molecule has 0 spiro atoms. The highest BCUT2D eigenvalue weighted by atomic mass is 16.7. The highest BCUT2D eigenvalue weighted by Gasteiger charge is 2.48. The Labute approximate surface area is 94.7 Å². The molecule has 0 unspecified atom stereocenters.